The molecule has 0 nitrogen and oxygen atoms in total. The van der Waals surface area contributed by atoms with Gasteiger partial charge in [-0.1, -0.05) is 62.7 Å². The third-order valence-corrected chi connectivity index (χ3v) is 3.10. The van der Waals surface area contributed by atoms with Crippen LogP contribution in [0.2, 0.25) is 0 Å². The fourth-order valence-corrected chi connectivity index (χ4v) is 2.16. The first-order valence-electron chi connectivity index (χ1n) is 6.44. The van der Waals surface area contributed by atoms with Crippen LogP contribution in [-0.2, 0) is 12.8 Å². The molecule has 0 unspecified atom stereocenters. The Balaban J connectivity index is 2.44. The summed E-state index contributed by atoms with van der Waals surface area (Å²) in [6, 6.07) is 18.5. The Hall–Kier alpha value is -1.56. The quantitative estimate of drug-likeness (QED) is 0.706. The van der Waals surface area contributed by atoms with Crippen molar-refractivity contribution in [1.82, 2.24) is 0 Å². The van der Waals surface area contributed by atoms with Crippen LogP contribution >= 0.6 is 0 Å². The summed E-state index contributed by atoms with van der Waals surface area (Å²) >= 11 is 0. The van der Waals surface area contributed by atoms with Gasteiger partial charge < -0.3 is 0 Å². The van der Waals surface area contributed by atoms with E-state index in [4.69, 9.17) is 0 Å². The summed E-state index contributed by atoms with van der Waals surface area (Å²) < 4.78 is 0. The van der Waals surface area contributed by atoms with Gasteiger partial charge in [-0.25, -0.2) is 0 Å². The summed E-state index contributed by atoms with van der Waals surface area (Å²) in [6.45, 7) is 4.42. The van der Waals surface area contributed by atoms with Gasteiger partial charge in [0.2, 0.25) is 0 Å². The highest BCUT2D eigenvalue weighted by molar-refractivity contribution is 5.67. The van der Waals surface area contributed by atoms with E-state index in [1.807, 2.05) is 6.07 Å². The standard InChI is InChI=1S/C17H19/c1-3-8-15-10-5-6-12-17(15)16-11-7-9-14(4-2)13-16/h5-7,9-10,12-13H,3-4,8H2,1-2H3. The van der Waals surface area contributed by atoms with Crippen molar-refractivity contribution in [3.8, 4) is 11.1 Å². The number of rotatable bonds is 4. The second-order valence-electron chi connectivity index (χ2n) is 4.37. The zero-order chi connectivity index (χ0) is 12.1. The zero-order valence-corrected chi connectivity index (χ0v) is 10.7. The first-order chi connectivity index (χ1) is 8.35. The lowest BCUT2D eigenvalue weighted by Crippen LogP contribution is -1.90. The number of hydrogen-bond acceptors (Lipinski definition) is 0. The summed E-state index contributed by atoms with van der Waals surface area (Å²) in [5.74, 6) is 0. The minimum absolute atomic E-state index is 1.08. The van der Waals surface area contributed by atoms with Crippen LogP contribution in [0.5, 0.6) is 0 Å². The van der Waals surface area contributed by atoms with Crippen molar-refractivity contribution < 1.29 is 0 Å². The average Bonchev–Trinajstić information content (AvgIpc) is 2.40. The fraction of sp³-hybridized carbons (Fsp3) is 0.294. The van der Waals surface area contributed by atoms with E-state index in [1.165, 1.54) is 28.7 Å². The van der Waals surface area contributed by atoms with Gasteiger partial charge in [-0.05, 0) is 41.2 Å². The SMILES string of the molecule is CCCc1ccccc1-c1[c]ccc(CC)c1. The molecule has 2 aromatic carbocycles. The van der Waals surface area contributed by atoms with Crippen LogP contribution in [0.25, 0.3) is 11.1 Å². The lowest BCUT2D eigenvalue weighted by atomic mass is 9.95. The predicted molar refractivity (Wildman–Crippen MR) is 74.1 cm³/mol. The second kappa shape index (κ2) is 5.67. The number of aryl methyl sites for hydroxylation is 2. The number of hydrogen-bond donors (Lipinski definition) is 0. The normalized spacial score (nSPS) is 10.5. The van der Waals surface area contributed by atoms with Gasteiger partial charge in [-0.3, -0.25) is 0 Å². The second-order valence-corrected chi connectivity index (χ2v) is 4.37. The maximum atomic E-state index is 3.36. The van der Waals surface area contributed by atoms with Crippen molar-refractivity contribution >= 4 is 0 Å². The third-order valence-electron chi connectivity index (χ3n) is 3.10. The molecule has 2 rings (SSSR count). The fourth-order valence-electron chi connectivity index (χ4n) is 2.16. The minimum Gasteiger partial charge on any atom is -0.0651 e. The van der Waals surface area contributed by atoms with Gasteiger partial charge in [-0.2, -0.15) is 0 Å². The van der Waals surface area contributed by atoms with Gasteiger partial charge in [0.25, 0.3) is 0 Å². The highest BCUT2D eigenvalue weighted by Crippen LogP contribution is 2.25. The molecule has 0 aromatic heterocycles. The molecule has 0 aliphatic rings. The van der Waals surface area contributed by atoms with E-state index in [0.717, 1.165) is 12.8 Å². The molecule has 0 saturated carbocycles. The Morgan fingerprint density at radius 2 is 1.88 bits per heavy atom. The summed E-state index contributed by atoms with van der Waals surface area (Å²) in [5, 5.41) is 0. The molecule has 1 radical (unpaired) electrons. The molecule has 0 N–H and O–H groups in total. The van der Waals surface area contributed by atoms with Gasteiger partial charge >= 0.3 is 0 Å². The summed E-state index contributed by atoms with van der Waals surface area (Å²) in [6.07, 6.45) is 3.41. The van der Waals surface area contributed by atoms with Gasteiger partial charge in [0.1, 0.15) is 0 Å². The molecule has 17 heavy (non-hydrogen) atoms. The van der Waals surface area contributed by atoms with Crippen molar-refractivity contribution in [2.45, 2.75) is 33.1 Å². The molecule has 0 amide bonds. The molecule has 0 saturated heterocycles. The van der Waals surface area contributed by atoms with Crippen molar-refractivity contribution in [2.75, 3.05) is 0 Å². The van der Waals surface area contributed by atoms with Crippen LogP contribution in [0.4, 0.5) is 0 Å². The topological polar surface area (TPSA) is 0 Å². The van der Waals surface area contributed by atoms with Crippen LogP contribution in [0.1, 0.15) is 31.4 Å². The molecule has 0 aliphatic heterocycles. The molecule has 0 aliphatic carbocycles. The predicted octanol–water partition coefficient (Wildman–Crippen LogP) is 4.67. The van der Waals surface area contributed by atoms with Gasteiger partial charge in [-0.15, -0.1) is 0 Å². The zero-order valence-electron chi connectivity index (χ0n) is 10.7. The van der Waals surface area contributed by atoms with E-state index in [2.05, 4.69) is 56.3 Å². The Labute approximate surface area is 104 Å². The highest BCUT2D eigenvalue weighted by Gasteiger charge is 2.04. The van der Waals surface area contributed by atoms with Crippen LogP contribution in [0.3, 0.4) is 0 Å². The number of benzene rings is 2. The van der Waals surface area contributed by atoms with E-state index in [1.54, 1.807) is 0 Å². The van der Waals surface area contributed by atoms with Crippen LogP contribution in [-0.4, -0.2) is 0 Å². The molecule has 0 fully saturated rings. The van der Waals surface area contributed by atoms with Crippen molar-refractivity contribution in [1.29, 1.82) is 0 Å². The van der Waals surface area contributed by atoms with Crippen molar-refractivity contribution in [3.63, 3.8) is 0 Å². The van der Waals surface area contributed by atoms with Crippen LogP contribution < -0.4 is 0 Å². The Morgan fingerprint density at radius 1 is 1.06 bits per heavy atom. The van der Waals surface area contributed by atoms with Gasteiger partial charge in [0, 0.05) is 0 Å². The lowest BCUT2D eigenvalue weighted by Gasteiger charge is -2.09. The molecule has 0 atom stereocenters. The maximum Gasteiger partial charge on any atom is -0.00989 e. The monoisotopic (exact) mass is 223 g/mol. The maximum absolute atomic E-state index is 3.36. The summed E-state index contributed by atoms with van der Waals surface area (Å²) in [4.78, 5) is 0. The Morgan fingerprint density at radius 3 is 2.65 bits per heavy atom. The molecular weight excluding hydrogens is 204 g/mol. The van der Waals surface area contributed by atoms with Crippen LogP contribution in [0, 0.1) is 6.07 Å². The largest absolute Gasteiger partial charge is 0.0651 e. The van der Waals surface area contributed by atoms with E-state index in [-0.39, 0.29) is 0 Å². The van der Waals surface area contributed by atoms with Gasteiger partial charge in [0.05, 0.1) is 0 Å². The van der Waals surface area contributed by atoms with E-state index in [9.17, 15) is 0 Å². The summed E-state index contributed by atoms with van der Waals surface area (Å²) in [7, 11) is 0. The molecule has 0 spiro atoms. The van der Waals surface area contributed by atoms with E-state index < -0.39 is 0 Å². The first kappa shape index (κ1) is 11.9. The first-order valence-corrected chi connectivity index (χ1v) is 6.44. The average molecular weight is 223 g/mol. The molecular formula is C17H19. The minimum atomic E-state index is 1.08. The van der Waals surface area contributed by atoms with E-state index in [0.29, 0.717) is 0 Å². The van der Waals surface area contributed by atoms with Crippen LogP contribution in [0.15, 0.2) is 42.5 Å². The smallest absolute Gasteiger partial charge is 0.00989 e. The molecule has 0 heteroatoms. The van der Waals surface area contributed by atoms with Gasteiger partial charge in [0.15, 0.2) is 0 Å². The lowest BCUT2D eigenvalue weighted by molar-refractivity contribution is 0.923. The highest BCUT2D eigenvalue weighted by atomic mass is 14.1. The molecule has 0 bridgehead atoms. The molecule has 87 valence electrons. The van der Waals surface area contributed by atoms with E-state index >= 15 is 0 Å². The molecule has 0 heterocycles. The summed E-state index contributed by atoms with van der Waals surface area (Å²) in [5.41, 5.74) is 5.38. The van der Waals surface area contributed by atoms with Crippen molar-refractivity contribution in [2.24, 2.45) is 0 Å². The Kier molecular flexibility index (Phi) is 3.98. The molecule has 2 aromatic rings. The van der Waals surface area contributed by atoms with Crippen molar-refractivity contribution in [3.05, 3.63) is 59.7 Å². The third kappa shape index (κ3) is 2.76. The Bertz CT molecular complexity index is 483.